The first kappa shape index (κ1) is 18.1. The number of hydrogen-bond acceptors (Lipinski definition) is 4. The smallest absolute Gasteiger partial charge is 0.230 e. The number of carbonyl (C=O) groups is 2. The van der Waals surface area contributed by atoms with Crippen molar-refractivity contribution in [2.24, 2.45) is 11.8 Å². The molecule has 1 aromatic carbocycles. The van der Waals surface area contributed by atoms with Crippen molar-refractivity contribution in [3.63, 3.8) is 0 Å². The Balaban J connectivity index is 1.36. The summed E-state index contributed by atoms with van der Waals surface area (Å²) in [5.74, 6) is -1.59. The van der Waals surface area contributed by atoms with Crippen molar-refractivity contribution < 1.29 is 18.7 Å². The van der Waals surface area contributed by atoms with Crippen LogP contribution < -0.4 is 0 Å². The number of H-pyrrole nitrogens is 1. The van der Waals surface area contributed by atoms with Gasteiger partial charge in [0.25, 0.3) is 0 Å². The third kappa shape index (κ3) is 2.86. The molecule has 5 rings (SSSR count). The van der Waals surface area contributed by atoms with Gasteiger partial charge in [-0.05, 0) is 23.8 Å². The lowest BCUT2D eigenvalue weighted by Gasteiger charge is -2.27. The number of nitrogens with zero attached hydrogens (tertiary/aromatic N) is 3. The van der Waals surface area contributed by atoms with Crippen molar-refractivity contribution in [2.45, 2.75) is 24.8 Å². The van der Waals surface area contributed by atoms with Crippen LogP contribution in [-0.4, -0.2) is 57.1 Å². The number of carbonyl (C=O) groups excluding carboxylic acids is 2. The number of aromatic nitrogens is 2. The molecule has 1 spiro atoms. The van der Waals surface area contributed by atoms with Crippen molar-refractivity contribution >= 4 is 11.8 Å². The number of fused-ring (bicyclic) bond motifs is 1. The van der Waals surface area contributed by atoms with Gasteiger partial charge in [-0.1, -0.05) is 24.3 Å². The van der Waals surface area contributed by atoms with E-state index in [-0.39, 0.29) is 23.7 Å². The fourth-order valence-corrected chi connectivity index (χ4v) is 4.76. The van der Waals surface area contributed by atoms with E-state index in [0.717, 1.165) is 11.3 Å². The van der Waals surface area contributed by atoms with Gasteiger partial charge < -0.3 is 14.5 Å². The number of amides is 2. The van der Waals surface area contributed by atoms with Gasteiger partial charge in [0.05, 0.1) is 36.7 Å². The largest absolute Gasteiger partial charge is 0.360 e. The molecule has 2 aromatic rings. The molecule has 2 amide bonds. The van der Waals surface area contributed by atoms with Crippen LogP contribution in [0.2, 0.25) is 0 Å². The van der Waals surface area contributed by atoms with E-state index in [4.69, 9.17) is 4.74 Å². The monoisotopic (exact) mass is 396 g/mol. The van der Waals surface area contributed by atoms with Crippen molar-refractivity contribution in [3.05, 3.63) is 65.8 Å². The van der Waals surface area contributed by atoms with Crippen LogP contribution in [0.5, 0.6) is 0 Å². The summed E-state index contributed by atoms with van der Waals surface area (Å²) in [6, 6.07) is 7.92. The Kier molecular flexibility index (Phi) is 4.06. The Morgan fingerprint density at radius 3 is 2.90 bits per heavy atom. The maximum absolute atomic E-state index is 13.2. The molecule has 3 aliphatic rings. The molecule has 1 aromatic heterocycles. The molecule has 8 heteroatoms. The van der Waals surface area contributed by atoms with E-state index in [0.29, 0.717) is 19.6 Å². The van der Waals surface area contributed by atoms with Crippen LogP contribution in [0, 0.1) is 17.7 Å². The second kappa shape index (κ2) is 6.52. The molecule has 0 aliphatic carbocycles. The van der Waals surface area contributed by atoms with Crippen molar-refractivity contribution in [3.8, 4) is 0 Å². The van der Waals surface area contributed by atoms with E-state index in [1.54, 1.807) is 35.2 Å². The summed E-state index contributed by atoms with van der Waals surface area (Å²) in [6.07, 6.45) is 5.09. The molecular formula is C21H21FN4O3. The molecule has 2 bridgehead atoms. The molecule has 0 unspecified atom stereocenters. The Bertz CT molecular complexity index is 974. The number of nitrogens with one attached hydrogen (secondary N) is 1. The van der Waals surface area contributed by atoms with Crippen LogP contribution in [-0.2, 0) is 27.4 Å². The van der Waals surface area contributed by atoms with E-state index < -0.39 is 17.4 Å². The van der Waals surface area contributed by atoms with Gasteiger partial charge in [0.1, 0.15) is 11.4 Å². The number of benzene rings is 1. The Morgan fingerprint density at radius 2 is 2.17 bits per heavy atom. The van der Waals surface area contributed by atoms with Gasteiger partial charge in [0.15, 0.2) is 0 Å². The van der Waals surface area contributed by atoms with Gasteiger partial charge in [-0.3, -0.25) is 14.7 Å². The summed E-state index contributed by atoms with van der Waals surface area (Å²) < 4.78 is 19.3. The fourth-order valence-electron chi connectivity index (χ4n) is 4.76. The first-order valence-electron chi connectivity index (χ1n) is 9.60. The summed E-state index contributed by atoms with van der Waals surface area (Å²) in [5.41, 5.74) is 0.913. The second-order valence-electron chi connectivity index (χ2n) is 8.00. The van der Waals surface area contributed by atoms with Crippen LogP contribution in [0.4, 0.5) is 4.39 Å². The molecule has 7 nitrogen and oxygen atoms in total. The van der Waals surface area contributed by atoms with Gasteiger partial charge >= 0.3 is 0 Å². The van der Waals surface area contributed by atoms with Crippen LogP contribution in [0.3, 0.4) is 0 Å². The summed E-state index contributed by atoms with van der Waals surface area (Å²) in [7, 11) is 1.72. The third-order valence-corrected chi connectivity index (χ3v) is 6.09. The molecule has 0 radical (unpaired) electrons. The molecule has 0 saturated carbocycles. The minimum absolute atomic E-state index is 0.0885. The molecule has 29 heavy (non-hydrogen) atoms. The number of aromatic amines is 1. The topological polar surface area (TPSA) is 78.5 Å². The highest BCUT2D eigenvalue weighted by molar-refractivity contribution is 5.93. The lowest BCUT2D eigenvalue weighted by Crippen LogP contribution is -2.44. The van der Waals surface area contributed by atoms with Gasteiger partial charge in [0.2, 0.25) is 11.8 Å². The highest BCUT2D eigenvalue weighted by Crippen LogP contribution is 2.52. The standard InChI is InChI=1S/C21H21FN4O3/c1-25(11-15-7-9-23-24-15)19(27)17-16-6-8-21(29-16)12-26(20(28)18(17)21)10-13-2-4-14(22)5-3-13/h2-9,16-18H,10-12H2,1H3,(H,23,24)/t16-,17+,18+,21-/m0/s1. The summed E-state index contributed by atoms with van der Waals surface area (Å²) >= 11 is 0. The summed E-state index contributed by atoms with van der Waals surface area (Å²) in [4.78, 5) is 29.8. The predicted octanol–water partition coefficient (Wildman–Crippen LogP) is 1.49. The van der Waals surface area contributed by atoms with Gasteiger partial charge in [-0.25, -0.2) is 4.39 Å². The molecule has 1 N–H and O–H groups in total. The van der Waals surface area contributed by atoms with E-state index in [1.807, 2.05) is 18.2 Å². The molecule has 3 aliphatic heterocycles. The average Bonchev–Trinajstić information content (AvgIpc) is 3.46. The normalized spacial score (nSPS) is 29.5. The van der Waals surface area contributed by atoms with Gasteiger partial charge in [-0.2, -0.15) is 5.10 Å². The Hall–Kier alpha value is -3.00. The molecular weight excluding hydrogens is 375 g/mol. The van der Waals surface area contributed by atoms with Gasteiger partial charge in [0, 0.05) is 19.8 Å². The first-order valence-corrected chi connectivity index (χ1v) is 9.60. The molecule has 4 atom stereocenters. The number of hydrogen-bond donors (Lipinski definition) is 1. The van der Waals surface area contributed by atoms with E-state index in [1.165, 1.54) is 12.1 Å². The zero-order valence-electron chi connectivity index (χ0n) is 15.9. The van der Waals surface area contributed by atoms with E-state index in [2.05, 4.69) is 10.2 Å². The zero-order valence-corrected chi connectivity index (χ0v) is 15.9. The summed E-state index contributed by atoms with van der Waals surface area (Å²) in [5, 5.41) is 6.76. The van der Waals surface area contributed by atoms with Gasteiger partial charge in [-0.15, -0.1) is 0 Å². The van der Waals surface area contributed by atoms with E-state index in [9.17, 15) is 14.0 Å². The molecule has 2 fully saturated rings. The van der Waals surface area contributed by atoms with Crippen molar-refractivity contribution in [2.75, 3.05) is 13.6 Å². The SMILES string of the molecule is CN(Cc1ccn[nH]1)C(=O)[C@@H]1[C@@H]2C=C[C@@]3(CN(Cc4ccc(F)cc4)C(=O)[C@@H]13)O2. The lowest BCUT2D eigenvalue weighted by molar-refractivity contribution is -0.142. The Labute approximate surface area is 167 Å². The lowest BCUT2D eigenvalue weighted by atomic mass is 9.76. The minimum atomic E-state index is -0.753. The van der Waals surface area contributed by atoms with Crippen molar-refractivity contribution in [1.29, 1.82) is 0 Å². The number of halogens is 1. The average molecular weight is 396 g/mol. The van der Waals surface area contributed by atoms with E-state index >= 15 is 0 Å². The fraction of sp³-hybridized carbons (Fsp3) is 0.381. The first-order chi connectivity index (χ1) is 14.0. The summed E-state index contributed by atoms with van der Waals surface area (Å²) in [6.45, 7) is 1.15. The number of likely N-dealkylation sites (tertiary alicyclic amines) is 1. The third-order valence-electron chi connectivity index (χ3n) is 6.09. The molecule has 150 valence electrons. The predicted molar refractivity (Wildman–Crippen MR) is 101 cm³/mol. The highest BCUT2D eigenvalue weighted by Gasteiger charge is 2.67. The quantitative estimate of drug-likeness (QED) is 0.777. The maximum atomic E-state index is 13.2. The van der Waals surface area contributed by atoms with Crippen molar-refractivity contribution in [1.82, 2.24) is 20.0 Å². The number of ether oxygens (including phenoxy) is 1. The van der Waals surface area contributed by atoms with Crippen LogP contribution in [0.15, 0.2) is 48.7 Å². The van der Waals surface area contributed by atoms with Crippen LogP contribution in [0.1, 0.15) is 11.3 Å². The highest BCUT2D eigenvalue weighted by atomic mass is 19.1. The Morgan fingerprint density at radius 1 is 1.38 bits per heavy atom. The zero-order chi connectivity index (χ0) is 20.2. The van der Waals surface area contributed by atoms with Crippen LogP contribution >= 0.6 is 0 Å². The molecule has 4 heterocycles. The maximum Gasteiger partial charge on any atom is 0.230 e. The second-order valence-corrected chi connectivity index (χ2v) is 8.00. The molecule has 2 saturated heterocycles. The minimum Gasteiger partial charge on any atom is -0.360 e. The van der Waals surface area contributed by atoms with Crippen LogP contribution in [0.25, 0.3) is 0 Å². The number of rotatable bonds is 5.